The van der Waals surface area contributed by atoms with Gasteiger partial charge < -0.3 is 15.0 Å². The Balaban J connectivity index is 1.77. The highest BCUT2D eigenvalue weighted by atomic mass is 32.2. The fraction of sp³-hybridized carbons (Fsp3) is 0.400. The molecule has 2 atom stereocenters. The van der Waals surface area contributed by atoms with Gasteiger partial charge in [-0.15, -0.1) is 0 Å². The lowest BCUT2D eigenvalue weighted by Crippen LogP contribution is -2.30. The molecule has 0 radical (unpaired) electrons. The van der Waals surface area contributed by atoms with Crippen molar-refractivity contribution in [1.29, 1.82) is 0 Å². The maximum absolute atomic E-state index is 13.1. The van der Waals surface area contributed by atoms with Gasteiger partial charge in [0.2, 0.25) is 9.84 Å². The topological polar surface area (TPSA) is 58.6 Å². The third-order valence-electron chi connectivity index (χ3n) is 5.65. The van der Waals surface area contributed by atoms with Crippen LogP contribution >= 0.6 is 0 Å². The summed E-state index contributed by atoms with van der Waals surface area (Å²) in [5, 5.41) is 3.45. The van der Waals surface area contributed by atoms with Gasteiger partial charge in [-0.2, -0.15) is 0 Å². The maximum atomic E-state index is 13.1. The number of hydrogen-bond acceptors (Lipinski definition) is 5. The van der Waals surface area contributed by atoms with Gasteiger partial charge in [0.05, 0.1) is 16.9 Å². The summed E-state index contributed by atoms with van der Waals surface area (Å²) >= 11 is 0. The molecule has 138 valence electrons. The molecule has 4 rings (SSSR count). The Morgan fingerprint density at radius 2 is 1.85 bits per heavy atom. The zero-order chi connectivity index (χ0) is 18.3. The maximum Gasteiger partial charge on any atom is 0.206 e. The lowest BCUT2D eigenvalue weighted by Gasteiger charge is -2.24. The first-order valence-electron chi connectivity index (χ1n) is 8.99. The molecule has 0 unspecified atom stereocenters. The first-order valence-corrected chi connectivity index (χ1v) is 10.5. The predicted octanol–water partition coefficient (Wildman–Crippen LogP) is 2.81. The number of rotatable bonds is 3. The van der Waals surface area contributed by atoms with Crippen molar-refractivity contribution in [2.24, 2.45) is 0 Å². The van der Waals surface area contributed by atoms with Crippen molar-refractivity contribution in [1.82, 2.24) is 5.32 Å². The highest BCUT2D eigenvalue weighted by molar-refractivity contribution is 7.91. The van der Waals surface area contributed by atoms with Crippen LogP contribution in [-0.2, 0) is 9.84 Å². The second-order valence-corrected chi connectivity index (χ2v) is 8.96. The molecule has 0 aliphatic carbocycles. The van der Waals surface area contributed by atoms with Crippen molar-refractivity contribution in [3.8, 4) is 5.75 Å². The normalized spacial score (nSPS) is 22.5. The first kappa shape index (κ1) is 17.4. The molecule has 2 aromatic rings. The van der Waals surface area contributed by atoms with E-state index in [2.05, 4.69) is 17.3 Å². The van der Waals surface area contributed by atoms with Gasteiger partial charge in [-0.1, -0.05) is 6.07 Å². The first-order chi connectivity index (χ1) is 12.5. The summed E-state index contributed by atoms with van der Waals surface area (Å²) in [4.78, 5) is 2.94. The Morgan fingerprint density at radius 1 is 1.08 bits per heavy atom. The Labute approximate surface area is 154 Å². The van der Waals surface area contributed by atoms with Crippen LogP contribution in [0.25, 0.3) is 0 Å². The predicted molar refractivity (Wildman–Crippen MR) is 102 cm³/mol. The number of nitrogens with one attached hydrogen (secondary N) is 1. The second-order valence-electron chi connectivity index (χ2n) is 7.02. The Kier molecular flexibility index (Phi) is 4.40. The Bertz CT molecular complexity index is 926. The van der Waals surface area contributed by atoms with Crippen LogP contribution in [0.1, 0.15) is 24.3 Å². The molecule has 0 aromatic heterocycles. The van der Waals surface area contributed by atoms with E-state index in [0.717, 1.165) is 37.2 Å². The lowest BCUT2D eigenvalue weighted by atomic mass is 9.91. The molecule has 0 amide bonds. The largest absolute Gasteiger partial charge is 0.497 e. The average molecular weight is 372 g/mol. The molecule has 2 aliphatic rings. The van der Waals surface area contributed by atoms with E-state index in [-0.39, 0.29) is 4.90 Å². The van der Waals surface area contributed by atoms with Crippen molar-refractivity contribution in [2.45, 2.75) is 34.6 Å². The van der Waals surface area contributed by atoms with Crippen molar-refractivity contribution in [2.75, 3.05) is 32.1 Å². The highest BCUT2D eigenvalue weighted by Crippen LogP contribution is 2.45. The second kappa shape index (κ2) is 6.59. The summed E-state index contributed by atoms with van der Waals surface area (Å²) in [6, 6.07) is 12.7. The molecule has 0 saturated carbocycles. The molecule has 2 heterocycles. The molecule has 1 saturated heterocycles. The van der Waals surface area contributed by atoms with Crippen LogP contribution in [0, 0.1) is 0 Å². The van der Waals surface area contributed by atoms with Gasteiger partial charge in [-0.25, -0.2) is 8.42 Å². The van der Waals surface area contributed by atoms with Gasteiger partial charge in [0, 0.05) is 24.7 Å². The number of sulfone groups is 1. The highest BCUT2D eigenvalue weighted by Gasteiger charge is 2.37. The van der Waals surface area contributed by atoms with Gasteiger partial charge in [0.1, 0.15) is 5.75 Å². The van der Waals surface area contributed by atoms with Gasteiger partial charge >= 0.3 is 0 Å². The van der Waals surface area contributed by atoms with E-state index in [1.165, 1.54) is 7.11 Å². The molecule has 1 N–H and O–H groups in total. The summed E-state index contributed by atoms with van der Waals surface area (Å²) in [6.45, 7) is 1.98. The van der Waals surface area contributed by atoms with E-state index >= 15 is 0 Å². The zero-order valence-corrected chi connectivity index (χ0v) is 15.9. The monoisotopic (exact) mass is 372 g/mol. The molecule has 6 heteroatoms. The van der Waals surface area contributed by atoms with E-state index in [9.17, 15) is 8.42 Å². The van der Waals surface area contributed by atoms with Crippen molar-refractivity contribution >= 4 is 15.5 Å². The molecule has 0 bridgehead atoms. The number of fused-ring (bicyclic) bond motifs is 3. The molecular weight excluding hydrogens is 348 g/mol. The van der Waals surface area contributed by atoms with E-state index in [4.69, 9.17) is 4.74 Å². The fourth-order valence-corrected chi connectivity index (χ4v) is 5.58. The molecule has 2 aliphatic heterocycles. The van der Waals surface area contributed by atoms with Crippen LogP contribution < -0.4 is 15.0 Å². The van der Waals surface area contributed by atoms with Crippen LogP contribution in [0.15, 0.2) is 52.3 Å². The van der Waals surface area contributed by atoms with Crippen molar-refractivity contribution < 1.29 is 13.2 Å². The molecule has 5 nitrogen and oxygen atoms in total. The van der Waals surface area contributed by atoms with E-state index in [1.807, 2.05) is 12.1 Å². The van der Waals surface area contributed by atoms with Gasteiger partial charge in [0.15, 0.2) is 0 Å². The third-order valence-corrected chi connectivity index (χ3v) is 7.40. The third kappa shape index (κ3) is 2.77. The SMILES string of the molecule is COc1cccc(S(=O)(=O)c2ccc3c(c2)[C@H]2CCNCC[C@H]2N3C)c1. The summed E-state index contributed by atoms with van der Waals surface area (Å²) in [6.07, 6.45) is 2.11. The van der Waals surface area contributed by atoms with Gasteiger partial charge in [-0.3, -0.25) is 0 Å². The quantitative estimate of drug-likeness (QED) is 0.898. The number of methoxy groups -OCH3 is 1. The summed E-state index contributed by atoms with van der Waals surface area (Å²) < 4.78 is 31.4. The standard InChI is InChI=1S/C20H24N2O3S/c1-22-19-7-6-16(13-18(19)17-8-10-21-11-9-20(17)22)26(23,24)15-5-3-4-14(12-15)25-2/h3-7,12-13,17,20-21H,8-11H2,1-2H3/t17-,20-/m1/s1. The van der Waals surface area contributed by atoms with Gasteiger partial charge in [0.25, 0.3) is 0 Å². The number of ether oxygens (including phenoxy) is 1. The van der Waals surface area contributed by atoms with Crippen molar-refractivity contribution in [3.63, 3.8) is 0 Å². The number of benzene rings is 2. The van der Waals surface area contributed by atoms with Crippen LogP contribution in [0.5, 0.6) is 5.75 Å². The minimum Gasteiger partial charge on any atom is -0.497 e. The van der Waals surface area contributed by atoms with Gasteiger partial charge in [-0.05, 0) is 67.9 Å². The molecular formula is C20H24N2O3S. The van der Waals surface area contributed by atoms with Crippen molar-refractivity contribution in [3.05, 3.63) is 48.0 Å². The fourth-order valence-electron chi connectivity index (χ4n) is 4.25. The minimum absolute atomic E-state index is 0.266. The average Bonchev–Trinajstić information content (AvgIpc) is 2.83. The molecule has 2 aromatic carbocycles. The smallest absolute Gasteiger partial charge is 0.206 e. The summed E-state index contributed by atoms with van der Waals surface area (Å²) in [7, 11) is 0.0833. The Morgan fingerprint density at radius 3 is 2.65 bits per heavy atom. The van der Waals surface area contributed by atoms with E-state index < -0.39 is 9.84 Å². The van der Waals surface area contributed by atoms with Crippen LogP contribution in [0.4, 0.5) is 5.69 Å². The summed E-state index contributed by atoms with van der Waals surface area (Å²) in [5.41, 5.74) is 2.32. The van der Waals surface area contributed by atoms with Crippen LogP contribution in [-0.4, -0.2) is 41.7 Å². The number of nitrogens with zero attached hydrogens (tertiary/aromatic N) is 1. The van der Waals surface area contributed by atoms with E-state index in [1.54, 1.807) is 30.3 Å². The number of anilines is 1. The Hall–Kier alpha value is -2.05. The number of hydrogen-bond donors (Lipinski definition) is 1. The molecule has 26 heavy (non-hydrogen) atoms. The van der Waals surface area contributed by atoms with Crippen LogP contribution in [0.2, 0.25) is 0 Å². The zero-order valence-electron chi connectivity index (χ0n) is 15.1. The molecule has 0 spiro atoms. The van der Waals surface area contributed by atoms with E-state index in [0.29, 0.717) is 22.6 Å². The lowest BCUT2D eigenvalue weighted by molar-refractivity contribution is 0.413. The van der Waals surface area contributed by atoms with Crippen LogP contribution in [0.3, 0.4) is 0 Å². The minimum atomic E-state index is -3.57. The molecule has 1 fully saturated rings. The summed E-state index contributed by atoms with van der Waals surface area (Å²) in [5.74, 6) is 0.923. The number of likely N-dealkylation sites (N-methyl/N-ethyl adjacent to an activating group) is 1.